The molecule has 0 spiro atoms. The van der Waals surface area contributed by atoms with E-state index in [0.29, 0.717) is 0 Å². The highest BCUT2D eigenvalue weighted by Crippen LogP contribution is 2.38. The first-order valence-corrected chi connectivity index (χ1v) is 11.3. The molecule has 0 aliphatic carbocycles. The molecule has 34 heavy (non-hydrogen) atoms. The lowest BCUT2D eigenvalue weighted by atomic mass is 9.83. The van der Waals surface area contributed by atoms with Gasteiger partial charge in [0.2, 0.25) is 6.29 Å². The molecule has 2 saturated heterocycles. The molecule has 0 amide bonds. The van der Waals surface area contributed by atoms with Gasteiger partial charge in [0, 0.05) is 32.6 Å². The molecule has 0 aromatic rings. The summed E-state index contributed by atoms with van der Waals surface area (Å²) >= 11 is 0. The Morgan fingerprint density at radius 3 is 1.74 bits per heavy atom. The molecule has 2 aliphatic heterocycles. The third kappa shape index (κ3) is 8.16. The van der Waals surface area contributed by atoms with E-state index in [0.717, 1.165) is 0 Å². The van der Waals surface area contributed by atoms with Crippen LogP contribution in [0.1, 0.15) is 55.4 Å². The summed E-state index contributed by atoms with van der Waals surface area (Å²) in [6.45, 7) is 13.8. The van der Waals surface area contributed by atoms with E-state index in [9.17, 15) is 14.4 Å². The average molecular weight is 489 g/mol. The number of hydrogen-bond acceptors (Lipinski definition) is 11. The van der Waals surface area contributed by atoms with Gasteiger partial charge in [-0.2, -0.15) is 9.59 Å². The molecule has 194 valence electrons. The van der Waals surface area contributed by atoms with Crippen molar-refractivity contribution < 1.29 is 52.4 Å². The highest BCUT2D eigenvalue weighted by Gasteiger charge is 2.49. The van der Waals surface area contributed by atoms with E-state index >= 15 is 0 Å². The van der Waals surface area contributed by atoms with Crippen molar-refractivity contribution in [3.63, 3.8) is 0 Å². The molecule has 0 bridgehead atoms. The third-order valence-electron chi connectivity index (χ3n) is 6.48. The van der Waals surface area contributed by atoms with Crippen LogP contribution in [-0.2, 0) is 52.4 Å². The average Bonchev–Trinajstić information content (AvgIpc) is 2.73. The van der Waals surface area contributed by atoms with Gasteiger partial charge in [-0.3, -0.25) is 14.4 Å². The summed E-state index contributed by atoms with van der Waals surface area (Å²) in [7, 11) is 0. The molecule has 4 unspecified atom stereocenters. The van der Waals surface area contributed by atoms with Crippen LogP contribution in [0.4, 0.5) is 0 Å². The second-order valence-electron chi connectivity index (χ2n) is 8.86. The van der Waals surface area contributed by atoms with Crippen LogP contribution in [0.2, 0.25) is 0 Å². The second kappa shape index (κ2) is 13.5. The third-order valence-corrected chi connectivity index (χ3v) is 6.48. The smallest absolute Gasteiger partial charge is 0.373 e. The lowest BCUT2D eigenvalue weighted by Gasteiger charge is -2.48. The zero-order chi connectivity index (χ0) is 26.2. The number of esters is 3. The summed E-state index contributed by atoms with van der Waals surface area (Å²) in [6, 6.07) is 0. The zero-order valence-electron chi connectivity index (χ0n) is 21.0. The van der Waals surface area contributed by atoms with Crippen molar-refractivity contribution in [1.29, 1.82) is 0 Å². The van der Waals surface area contributed by atoms with Crippen LogP contribution in [-0.4, -0.2) is 67.7 Å². The molecular formula is C23H36O11. The van der Waals surface area contributed by atoms with Gasteiger partial charge in [0.25, 0.3) is 0 Å². The number of carbonyl (C=O) groups is 3. The molecule has 0 aromatic heterocycles. The molecule has 2 aliphatic rings. The quantitative estimate of drug-likeness (QED) is 0.399. The molecular weight excluding hydrogens is 452 g/mol. The minimum absolute atomic E-state index is 0.00982. The van der Waals surface area contributed by atoms with E-state index in [1.54, 1.807) is 0 Å². The van der Waals surface area contributed by atoms with Gasteiger partial charge in [-0.05, 0) is 18.8 Å². The summed E-state index contributed by atoms with van der Waals surface area (Å²) in [6.07, 6.45) is -3.28. The van der Waals surface area contributed by atoms with E-state index in [4.69, 9.17) is 38.0 Å². The van der Waals surface area contributed by atoms with Crippen molar-refractivity contribution >= 4 is 24.1 Å². The first kappa shape index (κ1) is 29.7. The van der Waals surface area contributed by atoms with Crippen LogP contribution in [0.5, 0.6) is 0 Å². The second-order valence-corrected chi connectivity index (χ2v) is 8.86. The maximum Gasteiger partial charge on any atom is 0.373 e. The van der Waals surface area contributed by atoms with Crippen LogP contribution in [0, 0.1) is 23.7 Å². The zero-order valence-corrected chi connectivity index (χ0v) is 21.0. The van der Waals surface area contributed by atoms with Crippen LogP contribution < -0.4 is 0 Å². The molecule has 0 aromatic carbocycles. The van der Waals surface area contributed by atoms with Gasteiger partial charge < -0.3 is 28.4 Å². The standard InChI is InChI=1S/C22H36O9.CO2/c1-10-11(2)20(28-16(7)24)22(27-14(10)5)31-19-12(3)13(4)21(29-17(8)25)30-18(19)9-26-15(6)23;2-1-3/h10-14,18-22H,9H2,1-8H3;/t10-,11-,12+,13?,14?,18?,19-,20?,21-,22-;/m0./s1. The first-order valence-electron chi connectivity index (χ1n) is 11.3. The molecule has 0 radical (unpaired) electrons. The Hall–Kier alpha value is -2.33. The fourth-order valence-corrected chi connectivity index (χ4v) is 4.11. The van der Waals surface area contributed by atoms with Crippen molar-refractivity contribution in [2.24, 2.45) is 23.7 Å². The van der Waals surface area contributed by atoms with E-state index in [-0.39, 0.29) is 42.5 Å². The van der Waals surface area contributed by atoms with Crippen molar-refractivity contribution in [3.05, 3.63) is 0 Å². The maximum absolute atomic E-state index is 11.7. The molecule has 2 fully saturated rings. The summed E-state index contributed by atoms with van der Waals surface area (Å²) < 4.78 is 34.5. The van der Waals surface area contributed by atoms with E-state index in [1.165, 1.54) is 20.8 Å². The Morgan fingerprint density at radius 2 is 1.24 bits per heavy atom. The van der Waals surface area contributed by atoms with E-state index < -0.39 is 48.8 Å². The van der Waals surface area contributed by atoms with Gasteiger partial charge >= 0.3 is 24.1 Å². The number of carbonyl (C=O) groups excluding carboxylic acids is 5. The highest BCUT2D eigenvalue weighted by atomic mass is 16.7. The van der Waals surface area contributed by atoms with E-state index in [1.807, 2.05) is 34.6 Å². The predicted molar refractivity (Wildman–Crippen MR) is 113 cm³/mol. The molecule has 2 heterocycles. The molecule has 0 saturated carbocycles. The molecule has 2 rings (SSSR count). The van der Waals surface area contributed by atoms with Gasteiger partial charge in [-0.1, -0.05) is 27.7 Å². The van der Waals surface area contributed by atoms with Gasteiger partial charge in [0.15, 0.2) is 12.4 Å². The lowest BCUT2D eigenvalue weighted by molar-refractivity contribution is -0.330. The number of ether oxygens (including phenoxy) is 6. The number of hydrogen-bond donors (Lipinski definition) is 0. The predicted octanol–water partition coefficient (Wildman–Crippen LogP) is 1.86. The van der Waals surface area contributed by atoms with Crippen molar-refractivity contribution in [2.75, 3.05) is 6.61 Å². The van der Waals surface area contributed by atoms with Crippen molar-refractivity contribution in [3.8, 4) is 0 Å². The SMILES string of the molecule is CC(=O)OCC1O[C@H](OC(C)=O)C(C)[C@@H](C)[C@@H]1O[C@@H]1OC(C)[C@@H](C)[C@H](C)C1OC(C)=O.O=C=O. The van der Waals surface area contributed by atoms with Crippen LogP contribution >= 0.6 is 0 Å². The van der Waals surface area contributed by atoms with Gasteiger partial charge in [-0.25, -0.2) is 0 Å². The molecule has 11 nitrogen and oxygen atoms in total. The number of rotatable bonds is 6. The first-order chi connectivity index (χ1) is 15.8. The highest BCUT2D eigenvalue weighted by molar-refractivity contribution is 5.66. The monoisotopic (exact) mass is 488 g/mol. The lowest BCUT2D eigenvalue weighted by Crippen LogP contribution is -2.58. The van der Waals surface area contributed by atoms with Gasteiger partial charge in [0.1, 0.15) is 12.7 Å². The van der Waals surface area contributed by atoms with Gasteiger partial charge in [0.05, 0.1) is 12.2 Å². The Bertz CT molecular complexity index is 732. The molecule has 10 atom stereocenters. The summed E-state index contributed by atoms with van der Waals surface area (Å²) in [5, 5.41) is 0. The van der Waals surface area contributed by atoms with Crippen LogP contribution in [0.25, 0.3) is 0 Å². The fourth-order valence-electron chi connectivity index (χ4n) is 4.11. The minimum atomic E-state index is -0.807. The summed E-state index contributed by atoms with van der Waals surface area (Å²) in [4.78, 5) is 50.9. The largest absolute Gasteiger partial charge is 0.463 e. The normalized spacial score (nSPS) is 37.3. The Kier molecular flexibility index (Phi) is 11.8. The minimum Gasteiger partial charge on any atom is -0.463 e. The maximum atomic E-state index is 11.7. The Balaban J connectivity index is 0.00000182. The fraction of sp³-hybridized carbons (Fsp3) is 0.826. The Labute approximate surface area is 199 Å². The molecule has 0 N–H and O–H groups in total. The Morgan fingerprint density at radius 1 is 0.706 bits per heavy atom. The molecule has 11 heteroatoms. The van der Waals surface area contributed by atoms with Crippen LogP contribution in [0.3, 0.4) is 0 Å². The summed E-state index contributed by atoms with van der Waals surface area (Å²) in [5.41, 5.74) is 0. The topological polar surface area (TPSA) is 141 Å². The van der Waals surface area contributed by atoms with Crippen molar-refractivity contribution in [2.45, 2.75) is 92.4 Å². The van der Waals surface area contributed by atoms with Crippen molar-refractivity contribution in [1.82, 2.24) is 0 Å². The van der Waals surface area contributed by atoms with Gasteiger partial charge in [-0.15, -0.1) is 0 Å². The van der Waals surface area contributed by atoms with Crippen LogP contribution in [0.15, 0.2) is 0 Å². The van der Waals surface area contributed by atoms with E-state index in [2.05, 4.69) is 0 Å². The summed E-state index contributed by atoms with van der Waals surface area (Å²) in [5.74, 6) is -1.48.